The summed E-state index contributed by atoms with van der Waals surface area (Å²) in [5.41, 5.74) is 3.19. The lowest BCUT2D eigenvalue weighted by atomic mass is 10.1. The van der Waals surface area contributed by atoms with E-state index in [1.807, 2.05) is 62.4 Å². The number of benzene rings is 2. The van der Waals surface area contributed by atoms with Crippen LogP contribution in [0.25, 0.3) is 0 Å². The van der Waals surface area contributed by atoms with Crippen molar-refractivity contribution in [2.24, 2.45) is 10.2 Å². The van der Waals surface area contributed by atoms with Gasteiger partial charge in [0, 0.05) is 0 Å². The van der Waals surface area contributed by atoms with Gasteiger partial charge in [-0.15, -0.1) is 5.10 Å². The maximum absolute atomic E-state index is 12.5. The molecule has 2 aromatic rings. The minimum atomic E-state index is -0.144. The third-order valence-electron chi connectivity index (χ3n) is 4.18. The smallest absolute Gasteiger partial charge is 0.242 e. The molecule has 3 rings (SSSR count). The van der Waals surface area contributed by atoms with Gasteiger partial charge < -0.3 is 4.74 Å². The number of ether oxygens (including phenoxy) is 1. The normalized spacial score (nSPS) is 18.9. The number of methoxy groups -OCH3 is 1. The standard InChI is InChI=1S/C20H21N3O2S/c1-14-6-4-5-7-17(14)13-23-19(24)15(2)26-20(23)22-21-12-16-8-10-18(25-3)11-9-16/h4-12,15H,13H2,1-3H3/b21-12-,22-20-/t15-/m0/s1. The van der Waals surface area contributed by atoms with Crippen LogP contribution in [0.15, 0.2) is 58.7 Å². The van der Waals surface area contributed by atoms with Gasteiger partial charge in [0.1, 0.15) is 5.75 Å². The predicted octanol–water partition coefficient (Wildman–Crippen LogP) is 3.86. The van der Waals surface area contributed by atoms with Gasteiger partial charge in [-0.25, -0.2) is 0 Å². The van der Waals surface area contributed by atoms with E-state index in [1.165, 1.54) is 11.8 Å². The Morgan fingerprint density at radius 3 is 2.62 bits per heavy atom. The van der Waals surface area contributed by atoms with Gasteiger partial charge in [0.25, 0.3) is 0 Å². The summed E-state index contributed by atoms with van der Waals surface area (Å²) in [5.74, 6) is 0.861. The Bertz CT molecular complexity index is 846. The van der Waals surface area contributed by atoms with E-state index in [4.69, 9.17) is 4.74 Å². The topological polar surface area (TPSA) is 54.3 Å². The van der Waals surface area contributed by atoms with Gasteiger partial charge in [-0.05, 0) is 54.8 Å². The molecule has 1 aliphatic heterocycles. The van der Waals surface area contributed by atoms with Crippen molar-refractivity contribution in [3.8, 4) is 5.75 Å². The predicted molar refractivity (Wildman–Crippen MR) is 107 cm³/mol. The number of carbonyl (C=O) groups excluding carboxylic acids is 1. The number of rotatable bonds is 5. The Balaban J connectivity index is 1.77. The van der Waals surface area contributed by atoms with Gasteiger partial charge in [-0.1, -0.05) is 36.0 Å². The van der Waals surface area contributed by atoms with E-state index in [-0.39, 0.29) is 11.2 Å². The van der Waals surface area contributed by atoms with Crippen molar-refractivity contribution < 1.29 is 9.53 Å². The maximum Gasteiger partial charge on any atom is 0.242 e. The first-order valence-corrected chi connectivity index (χ1v) is 9.24. The number of aryl methyl sites for hydroxylation is 1. The first-order valence-electron chi connectivity index (χ1n) is 8.36. The average molecular weight is 367 g/mol. The highest BCUT2D eigenvalue weighted by Gasteiger charge is 2.35. The fraction of sp³-hybridized carbons (Fsp3) is 0.250. The highest BCUT2D eigenvalue weighted by Crippen LogP contribution is 2.29. The first kappa shape index (κ1) is 18.2. The molecule has 0 saturated carbocycles. The second-order valence-electron chi connectivity index (χ2n) is 6.01. The van der Waals surface area contributed by atoms with E-state index in [9.17, 15) is 4.79 Å². The molecule has 1 heterocycles. The molecule has 2 aromatic carbocycles. The Labute approximate surface area is 157 Å². The number of carbonyl (C=O) groups is 1. The molecule has 1 saturated heterocycles. The summed E-state index contributed by atoms with van der Waals surface area (Å²) in [6.45, 7) is 4.46. The van der Waals surface area contributed by atoms with Crippen LogP contribution in [0.5, 0.6) is 5.75 Å². The molecule has 0 bridgehead atoms. The lowest BCUT2D eigenvalue weighted by Crippen LogP contribution is -2.31. The largest absolute Gasteiger partial charge is 0.497 e. The highest BCUT2D eigenvalue weighted by molar-refractivity contribution is 8.15. The van der Waals surface area contributed by atoms with Crippen LogP contribution in [0.1, 0.15) is 23.6 Å². The van der Waals surface area contributed by atoms with Crippen LogP contribution in [0.2, 0.25) is 0 Å². The lowest BCUT2D eigenvalue weighted by molar-refractivity contribution is -0.126. The van der Waals surface area contributed by atoms with Crippen LogP contribution in [0.4, 0.5) is 0 Å². The second kappa shape index (κ2) is 8.19. The van der Waals surface area contributed by atoms with Crippen molar-refractivity contribution in [2.45, 2.75) is 25.6 Å². The summed E-state index contributed by atoms with van der Waals surface area (Å²) in [4.78, 5) is 14.2. The van der Waals surface area contributed by atoms with Gasteiger partial charge in [0.05, 0.1) is 25.1 Å². The van der Waals surface area contributed by atoms with E-state index in [0.29, 0.717) is 11.7 Å². The molecule has 0 aromatic heterocycles. The molecule has 134 valence electrons. The molecule has 1 fully saturated rings. The Kier molecular flexibility index (Phi) is 5.73. The molecule has 0 radical (unpaired) electrons. The third kappa shape index (κ3) is 4.14. The fourth-order valence-corrected chi connectivity index (χ4v) is 3.52. The Hall–Kier alpha value is -2.60. The lowest BCUT2D eigenvalue weighted by Gasteiger charge is -2.16. The Morgan fingerprint density at radius 2 is 1.92 bits per heavy atom. The molecule has 0 unspecified atom stereocenters. The molecule has 5 nitrogen and oxygen atoms in total. The summed E-state index contributed by atoms with van der Waals surface area (Å²) < 4.78 is 5.14. The van der Waals surface area contributed by atoms with Crippen molar-refractivity contribution in [3.63, 3.8) is 0 Å². The summed E-state index contributed by atoms with van der Waals surface area (Å²) in [7, 11) is 1.63. The molecule has 26 heavy (non-hydrogen) atoms. The summed E-state index contributed by atoms with van der Waals surface area (Å²) in [5, 5.41) is 8.95. The van der Waals surface area contributed by atoms with E-state index < -0.39 is 0 Å². The molecule has 6 heteroatoms. The Morgan fingerprint density at radius 1 is 1.19 bits per heavy atom. The van der Waals surface area contributed by atoms with Gasteiger partial charge in [-0.3, -0.25) is 9.69 Å². The van der Waals surface area contributed by atoms with Gasteiger partial charge in [0.15, 0.2) is 5.17 Å². The van der Waals surface area contributed by atoms with Crippen molar-refractivity contribution >= 4 is 29.1 Å². The molecule has 1 aliphatic rings. The summed E-state index contributed by atoms with van der Waals surface area (Å²) in [6.07, 6.45) is 1.67. The maximum atomic E-state index is 12.5. The quantitative estimate of drug-likeness (QED) is 0.596. The minimum absolute atomic E-state index is 0.0663. The first-order chi connectivity index (χ1) is 12.6. The summed E-state index contributed by atoms with van der Waals surface area (Å²) >= 11 is 1.44. The molecular formula is C20H21N3O2S. The molecule has 0 aliphatic carbocycles. The number of hydrogen-bond donors (Lipinski definition) is 0. The van der Waals surface area contributed by atoms with Gasteiger partial charge >= 0.3 is 0 Å². The van der Waals surface area contributed by atoms with Gasteiger partial charge in [0.2, 0.25) is 5.91 Å². The van der Waals surface area contributed by atoms with E-state index >= 15 is 0 Å². The van der Waals surface area contributed by atoms with E-state index in [0.717, 1.165) is 22.4 Å². The minimum Gasteiger partial charge on any atom is -0.497 e. The number of amides is 1. The molecular weight excluding hydrogens is 346 g/mol. The number of nitrogens with zero attached hydrogens (tertiary/aromatic N) is 3. The van der Waals surface area contributed by atoms with Crippen LogP contribution in [0, 0.1) is 6.92 Å². The summed E-state index contributed by atoms with van der Waals surface area (Å²) in [6, 6.07) is 15.6. The SMILES string of the molecule is COc1ccc(/C=N\N=C2/S[C@@H](C)C(=O)N2Cc2ccccc2C)cc1. The van der Waals surface area contributed by atoms with Crippen LogP contribution in [-0.4, -0.2) is 34.5 Å². The molecule has 0 N–H and O–H groups in total. The van der Waals surface area contributed by atoms with Crippen LogP contribution >= 0.6 is 11.8 Å². The van der Waals surface area contributed by atoms with E-state index in [1.54, 1.807) is 18.2 Å². The zero-order valence-corrected chi connectivity index (χ0v) is 15.9. The number of thioether (sulfide) groups is 1. The van der Waals surface area contributed by atoms with Crippen molar-refractivity contribution in [1.82, 2.24) is 4.90 Å². The molecule has 1 atom stereocenters. The molecule has 0 spiro atoms. The van der Waals surface area contributed by atoms with Crippen LogP contribution in [-0.2, 0) is 11.3 Å². The van der Waals surface area contributed by atoms with Crippen LogP contribution in [0.3, 0.4) is 0 Å². The number of hydrogen-bond acceptors (Lipinski definition) is 5. The number of amidine groups is 1. The van der Waals surface area contributed by atoms with Crippen molar-refractivity contribution in [1.29, 1.82) is 0 Å². The fourth-order valence-electron chi connectivity index (χ4n) is 2.60. The van der Waals surface area contributed by atoms with Crippen molar-refractivity contribution in [2.75, 3.05) is 7.11 Å². The molecule has 1 amide bonds. The third-order valence-corrected chi connectivity index (χ3v) is 5.25. The van der Waals surface area contributed by atoms with Crippen molar-refractivity contribution in [3.05, 3.63) is 65.2 Å². The zero-order chi connectivity index (χ0) is 18.5. The van der Waals surface area contributed by atoms with Gasteiger partial charge in [-0.2, -0.15) is 5.10 Å². The van der Waals surface area contributed by atoms with E-state index in [2.05, 4.69) is 10.2 Å². The monoisotopic (exact) mass is 367 g/mol. The average Bonchev–Trinajstić information content (AvgIpc) is 2.92. The zero-order valence-electron chi connectivity index (χ0n) is 15.0. The highest BCUT2D eigenvalue weighted by atomic mass is 32.2. The second-order valence-corrected chi connectivity index (χ2v) is 7.32. The van der Waals surface area contributed by atoms with Crippen LogP contribution < -0.4 is 4.74 Å².